The van der Waals surface area contributed by atoms with Gasteiger partial charge in [-0.25, -0.2) is 0 Å². The minimum absolute atomic E-state index is 0.623. The van der Waals surface area contributed by atoms with Crippen molar-refractivity contribution < 1.29 is 0 Å². The number of hydrogen-bond acceptors (Lipinski definition) is 2. The van der Waals surface area contributed by atoms with Gasteiger partial charge >= 0.3 is 0 Å². The molecule has 12 heavy (non-hydrogen) atoms. The number of rotatable bonds is 5. The van der Waals surface area contributed by atoms with Gasteiger partial charge in [0.2, 0.25) is 0 Å². The molecular formula is C10H24N2. The van der Waals surface area contributed by atoms with Crippen molar-refractivity contribution in [2.24, 2.45) is 17.6 Å². The van der Waals surface area contributed by atoms with Crippen LogP contribution in [0.1, 0.15) is 27.7 Å². The van der Waals surface area contributed by atoms with Crippen LogP contribution in [0, 0.1) is 11.8 Å². The van der Waals surface area contributed by atoms with Gasteiger partial charge in [-0.2, -0.15) is 0 Å². The Hall–Kier alpha value is -0.0800. The van der Waals surface area contributed by atoms with Crippen molar-refractivity contribution in [3.05, 3.63) is 0 Å². The third-order valence-electron chi connectivity index (χ3n) is 2.65. The third-order valence-corrected chi connectivity index (χ3v) is 2.65. The molecule has 0 saturated carbocycles. The Bertz CT molecular complexity index is 110. The predicted octanol–water partition coefficient (Wildman–Crippen LogP) is 1.56. The second kappa shape index (κ2) is 5.55. The van der Waals surface area contributed by atoms with Gasteiger partial charge in [-0.1, -0.05) is 13.8 Å². The fourth-order valence-electron chi connectivity index (χ4n) is 1.14. The van der Waals surface area contributed by atoms with E-state index in [9.17, 15) is 0 Å². The van der Waals surface area contributed by atoms with Crippen molar-refractivity contribution in [1.82, 2.24) is 4.90 Å². The molecule has 0 aliphatic rings. The molecule has 0 aliphatic heterocycles. The first-order valence-electron chi connectivity index (χ1n) is 4.89. The Kier molecular flexibility index (Phi) is 5.51. The molecule has 1 atom stereocenters. The van der Waals surface area contributed by atoms with E-state index in [-0.39, 0.29) is 0 Å². The van der Waals surface area contributed by atoms with Crippen LogP contribution in [0.2, 0.25) is 0 Å². The molecule has 0 fully saturated rings. The largest absolute Gasteiger partial charge is 0.330 e. The Labute approximate surface area is 77.1 Å². The SMILES string of the molecule is CC(C)C(CN)CN(C)C(C)C. The summed E-state index contributed by atoms with van der Waals surface area (Å²) in [6.45, 7) is 10.8. The maximum Gasteiger partial charge on any atom is 0.00356 e. The van der Waals surface area contributed by atoms with Crippen molar-refractivity contribution in [1.29, 1.82) is 0 Å². The average molecular weight is 172 g/mol. The van der Waals surface area contributed by atoms with Crippen LogP contribution in [0.4, 0.5) is 0 Å². The molecule has 2 N–H and O–H groups in total. The highest BCUT2D eigenvalue weighted by atomic mass is 15.1. The fourth-order valence-corrected chi connectivity index (χ4v) is 1.14. The molecule has 0 aromatic heterocycles. The van der Waals surface area contributed by atoms with Gasteiger partial charge in [0.1, 0.15) is 0 Å². The lowest BCUT2D eigenvalue weighted by atomic mass is 9.95. The molecule has 0 aromatic rings. The summed E-state index contributed by atoms with van der Waals surface area (Å²) >= 11 is 0. The molecular weight excluding hydrogens is 148 g/mol. The molecule has 0 spiro atoms. The van der Waals surface area contributed by atoms with Crippen LogP contribution in [0.3, 0.4) is 0 Å². The smallest absolute Gasteiger partial charge is 0.00356 e. The second-order valence-electron chi connectivity index (χ2n) is 4.27. The van der Waals surface area contributed by atoms with E-state index in [4.69, 9.17) is 5.73 Å². The topological polar surface area (TPSA) is 29.3 Å². The van der Waals surface area contributed by atoms with Crippen LogP contribution in [0.25, 0.3) is 0 Å². The summed E-state index contributed by atoms with van der Waals surface area (Å²) < 4.78 is 0. The predicted molar refractivity (Wildman–Crippen MR) is 55.1 cm³/mol. The van der Waals surface area contributed by atoms with Crippen molar-refractivity contribution in [2.45, 2.75) is 33.7 Å². The highest BCUT2D eigenvalue weighted by molar-refractivity contribution is 4.69. The van der Waals surface area contributed by atoms with Gasteiger partial charge in [0, 0.05) is 12.6 Å². The Morgan fingerprint density at radius 3 is 1.92 bits per heavy atom. The highest BCUT2D eigenvalue weighted by Gasteiger charge is 2.14. The third kappa shape index (κ3) is 4.07. The van der Waals surface area contributed by atoms with Crippen LogP contribution in [-0.2, 0) is 0 Å². The molecule has 0 bridgehead atoms. The molecule has 2 heteroatoms. The Morgan fingerprint density at radius 1 is 1.17 bits per heavy atom. The van der Waals surface area contributed by atoms with Gasteiger partial charge in [-0.15, -0.1) is 0 Å². The lowest BCUT2D eigenvalue weighted by molar-refractivity contribution is 0.204. The lowest BCUT2D eigenvalue weighted by Crippen LogP contribution is -2.36. The van der Waals surface area contributed by atoms with Gasteiger partial charge in [0.05, 0.1) is 0 Å². The molecule has 74 valence electrons. The summed E-state index contributed by atoms with van der Waals surface area (Å²) in [6.07, 6.45) is 0. The lowest BCUT2D eigenvalue weighted by Gasteiger charge is -2.28. The summed E-state index contributed by atoms with van der Waals surface area (Å²) in [5.74, 6) is 1.33. The average Bonchev–Trinajstić information content (AvgIpc) is 1.98. The molecule has 0 heterocycles. The molecule has 0 aromatic carbocycles. The summed E-state index contributed by atoms with van der Waals surface area (Å²) in [7, 11) is 2.16. The second-order valence-corrected chi connectivity index (χ2v) is 4.27. The molecule has 1 unspecified atom stereocenters. The Morgan fingerprint density at radius 2 is 1.67 bits per heavy atom. The van der Waals surface area contributed by atoms with E-state index in [2.05, 4.69) is 39.6 Å². The number of nitrogens with zero attached hydrogens (tertiary/aromatic N) is 1. The van der Waals surface area contributed by atoms with E-state index in [0.29, 0.717) is 17.9 Å². The molecule has 0 radical (unpaired) electrons. The normalized spacial score (nSPS) is 14.8. The zero-order valence-corrected chi connectivity index (χ0v) is 9.17. The van der Waals surface area contributed by atoms with Crippen molar-refractivity contribution >= 4 is 0 Å². The summed E-state index contributed by atoms with van der Waals surface area (Å²) in [5, 5.41) is 0. The van der Waals surface area contributed by atoms with Crippen LogP contribution in [0.5, 0.6) is 0 Å². The number of nitrogens with two attached hydrogens (primary N) is 1. The maximum atomic E-state index is 5.70. The van der Waals surface area contributed by atoms with Crippen molar-refractivity contribution in [3.63, 3.8) is 0 Å². The van der Waals surface area contributed by atoms with Gasteiger partial charge in [0.15, 0.2) is 0 Å². The quantitative estimate of drug-likeness (QED) is 0.682. The molecule has 0 saturated heterocycles. The minimum Gasteiger partial charge on any atom is -0.330 e. The highest BCUT2D eigenvalue weighted by Crippen LogP contribution is 2.11. The minimum atomic E-state index is 0.623. The van der Waals surface area contributed by atoms with Crippen molar-refractivity contribution in [3.8, 4) is 0 Å². The van der Waals surface area contributed by atoms with Gasteiger partial charge in [-0.3, -0.25) is 0 Å². The van der Waals surface area contributed by atoms with Crippen LogP contribution in [0.15, 0.2) is 0 Å². The van der Waals surface area contributed by atoms with E-state index >= 15 is 0 Å². The number of hydrogen-bond donors (Lipinski definition) is 1. The maximum absolute atomic E-state index is 5.70. The first-order valence-corrected chi connectivity index (χ1v) is 4.89. The first-order chi connectivity index (χ1) is 5.49. The van der Waals surface area contributed by atoms with E-state index in [0.717, 1.165) is 13.1 Å². The zero-order chi connectivity index (χ0) is 9.72. The van der Waals surface area contributed by atoms with Gasteiger partial charge in [-0.05, 0) is 39.3 Å². The Balaban J connectivity index is 3.85. The fraction of sp³-hybridized carbons (Fsp3) is 1.00. The van der Waals surface area contributed by atoms with Crippen LogP contribution >= 0.6 is 0 Å². The zero-order valence-electron chi connectivity index (χ0n) is 9.17. The molecule has 0 rings (SSSR count). The molecule has 2 nitrogen and oxygen atoms in total. The standard InChI is InChI=1S/C10H24N2/c1-8(2)10(6-11)7-12(5)9(3)4/h8-10H,6-7,11H2,1-5H3. The van der Waals surface area contributed by atoms with Crippen molar-refractivity contribution in [2.75, 3.05) is 20.1 Å². The van der Waals surface area contributed by atoms with E-state index in [1.807, 2.05) is 0 Å². The summed E-state index contributed by atoms with van der Waals surface area (Å²) in [5.41, 5.74) is 5.70. The van der Waals surface area contributed by atoms with Gasteiger partial charge < -0.3 is 10.6 Å². The van der Waals surface area contributed by atoms with Gasteiger partial charge in [0.25, 0.3) is 0 Å². The first kappa shape index (κ1) is 11.9. The van der Waals surface area contributed by atoms with E-state index in [1.165, 1.54) is 0 Å². The monoisotopic (exact) mass is 172 g/mol. The van der Waals surface area contributed by atoms with E-state index in [1.54, 1.807) is 0 Å². The summed E-state index contributed by atoms with van der Waals surface area (Å²) in [4.78, 5) is 2.36. The molecule has 0 aliphatic carbocycles. The molecule has 0 amide bonds. The van der Waals surface area contributed by atoms with E-state index < -0.39 is 0 Å². The van der Waals surface area contributed by atoms with Crippen LogP contribution < -0.4 is 5.73 Å². The van der Waals surface area contributed by atoms with Crippen LogP contribution in [-0.4, -0.2) is 31.1 Å². The summed E-state index contributed by atoms with van der Waals surface area (Å²) in [6, 6.07) is 0.623.